The molecular formula is C12H26OSi. The summed E-state index contributed by atoms with van der Waals surface area (Å²) < 4.78 is 5.16. The molecule has 0 saturated heterocycles. The Bertz CT molecular complexity index is 199. The molecule has 0 aromatic heterocycles. The maximum Gasteiger partial charge on any atom is 0.0804 e. The topological polar surface area (TPSA) is 9.23 Å². The highest BCUT2D eigenvalue weighted by Crippen LogP contribution is 2.41. The minimum Gasteiger partial charge on any atom is -0.384 e. The minimum absolute atomic E-state index is 0.433. The lowest BCUT2D eigenvalue weighted by Gasteiger charge is -2.39. The second-order valence-electron chi connectivity index (χ2n) is 5.43. The smallest absolute Gasteiger partial charge is 0.0804 e. The molecule has 0 saturated carbocycles. The zero-order valence-electron chi connectivity index (χ0n) is 10.9. The first-order chi connectivity index (χ1) is 6.27. The van der Waals surface area contributed by atoms with E-state index in [1.54, 1.807) is 12.3 Å². The van der Waals surface area contributed by atoms with E-state index in [1.807, 2.05) is 0 Å². The fraction of sp³-hybridized carbons (Fsp3) is 0.833. The van der Waals surface area contributed by atoms with E-state index in [0.717, 1.165) is 13.0 Å². The highest BCUT2D eigenvalue weighted by atomic mass is 28.3. The van der Waals surface area contributed by atoms with Crippen molar-refractivity contribution in [2.75, 3.05) is 13.7 Å². The molecule has 0 amide bonds. The van der Waals surface area contributed by atoms with Gasteiger partial charge < -0.3 is 4.74 Å². The molecule has 0 aliphatic rings. The maximum atomic E-state index is 5.16. The zero-order valence-corrected chi connectivity index (χ0v) is 11.9. The first-order valence-corrected chi connectivity index (χ1v) is 8.42. The lowest BCUT2D eigenvalue weighted by atomic mass is 10.2. The van der Waals surface area contributed by atoms with E-state index in [-0.39, 0.29) is 0 Å². The molecule has 84 valence electrons. The average molecular weight is 214 g/mol. The van der Waals surface area contributed by atoms with Gasteiger partial charge in [0.05, 0.1) is 8.07 Å². The molecule has 0 radical (unpaired) electrons. The highest BCUT2D eigenvalue weighted by Gasteiger charge is 2.37. The predicted molar refractivity (Wildman–Crippen MR) is 67.4 cm³/mol. The van der Waals surface area contributed by atoms with E-state index in [4.69, 9.17) is 4.74 Å². The van der Waals surface area contributed by atoms with Gasteiger partial charge in [-0.25, -0.2) is 0 Å². The Hall–Kier alpha value is -0.0831. The Kier molecular flexibility index (Phi) is 5.10. The predicted octanol–water partition coefficient (Wildman–Crippen LogP) is 4.02. The van der Waals surface area contributed by atoms with Gasteiger partial charge >= 0.3 is 0 Å². The highest BCUT2D eigenvalue weighted by molar-refractivity contribution is 6.86. The molecule has 0 unspecified atom stereocenters. The van der Waals surface area contributed by atoms with Crippen LogP contribution in [0.1, 0.15) is 34.1 Å². The van der Waals surface area contributed by atoms with Crippen molar-refractivity contribution in [3.63, 3.8) is 0 Å². The van der Waals surface area contributed by atoms with Crippen molar-refractivity contribution in [3.05, 3.63) is 11.3 Å². The molecule has 0 spiro atoms. The Balaban J connectivity index is 4.68. The van der Waals surface area contributed by atoms with Crippen molar-refractivity contribution in [3.8, 4) is 0 Å². The number of hydrogen-bond acceptors (Lipinski definition) is 1. The summed E-state index contributed by atoms with van der Waals surface area (Å²) in [4.78, 5) is 0. The van der Waals surface area contributed by atoms with Gasteiger partial charge in [0.1, 0.15) is 0 Å². The summed E-state index contributed by atoms with van der Waals surface area (Å²) in [5, 5.41) is 2.06. The fourth-order valence-corrected chi connectivity index (χ4v) is 3.92. The molecule has 0 fully saturated rings. The van der Waals surface area contributed by atoms with Crippen molar-refractivity contribution >= 4 is 8.07 Å². The summed E-state index contributed by atoms with van der Waals surface area (Å²) >= 11 is 0. The van der Waals surface area contributed by atoms with Crippen molar-refractivity contribution < 1.29 is 4.74 Å². The molecule has 0 aromatic carbocycles. The van der Waals surface area contributed by atoms with Crippen LogP contribution in [-0.4, -0.2) is 21.8 Å². The molecule has 0 aromatic rings. The van der Waals surface area contributed by atoms with Crippen LogP contribution in [0.2, 0.25) is 18.1 Å². The number of ether oxygens (including phenoxy) is 1. The molecule has 1 nitrogen and oxygen atoms in total. The van der Waals surface area contributed by atoms with Crippen LogP contribution in [0.4, 0.5) is 0 Å². The Labute approximate surface area is 90.6 Å². The summed E-state index contributed by atoms with van der Waals surface area (Å²) in [6.07, 6.45) is 3.40. The quantitative estimate of drug-likeness (QED) is 0.642. The van der Waals surface area contributed by atoms with Gasteiger partial charge in [0.15, 0.2) is 0 Å². The lowest BCUT2D eigenvalue weighted by molar-refractivity contribution is 0.203. The summed E-state index contributed by atoms with van der Waals surface area (Å²) in [7, 11) is 0.486. The third-order valence-electron chi connectivity index (χ3n) is 3.60. The number of hydrogen-bond donors (Lipinski definition) is 0. The van der Waals surface area contributed by atoms with Crippen molar-refractivity contribution in [1.82, 2.24) is 0 Å². The molecule has 0 bridgehead atoms. The second kappa shape index (κ2) is 5.13. The standard InChI is InChI=1S/C12H26OSi/c1-8-11(9-10-13-5)14(6,7)12(2,3)4/h8H,9-10H2,1-7H3/b11-8-. The molecule has 2 heteroatoms. The van der Waals surface area contributed by atoms with Crippen LogP contribution in [0.15, 0.2) is 11.3 Å². The maximum absolute atomic E-state index is 5.16. The normalized spacial score (nSPS) is 14.6. The Morgan fingerprint density at radius 3 is 2.07 bits per heavy atom. The number of methoxy groups -OCH3 is 1. The van der Waals surface area contributed by atoms with E-state index in [2.05, 4.69) is 46.9 Å². The number of allylic oxidation sites excluding steroid dienone is 1. The van der Waals surface area contributed by atoms with Crippen LogP contribution in [-0.2, 0) is 4.74 Å². The fourth-order valence-electron chi connectivity index (χ4n) is 1.51. The largest absolute Gasteiger partial charge is 0.384 e. The molecule has 14 heavy (non-hydrogen) atoms. The number of rotatable bonds is 4. The van der Waals surface area contributed by atoms with Gasteiger partial charge in [0, 0.05) is 13.7 Å². The monoisotopic (exact) mass is 214 g/mol. The molecule has 0 rings (SSSR count). The van der Waals surface area contributed by atoms with E-state index in [9.17, 15) is 0 Å². The summed E-state index contributed by atoms with van der Waals surface area (Å²) in [5.41, 5.74) is 0. The van der Waals surface area contributed by atoms with Gasteiger partial charge in [-0.3, -0.25) is 0 Å². The van der Waals surface area contributed by atoms with Crippen LogP contribution in [0, 0.1) is 0 Å². The molecular weight excluding hydrogens is 188 g/mol. The molecule has 0 atom stereocenters. The van der Waals surface area contributed by atoms with E-state index in [1.165, 1.54) is 0 Å². The van der Waals surface area contributed by atoms with Gasteiger partial charge in [-0.15, -0.1) is 0 Å². The van der Waals surface area contributed by atoms with Gasteiger partial charge in [0.2, 0.25) is 0 Å². The molecule has 0 heterocycles. The first-order valence-electron chi connectivity index (χ1n) is 5.42. The molecule has 0 N–H and O–H groups in total. The minimum atomic E-state index is -1.29. The Morgan fingerprint density at radius 1 is 1.29 bits per heavy atom. The lowest BCUT2D eigenvalue weighted by Crippen LogP contribution is -2.40. The summed E-state index contributed by atoms with van der Waals surface area (Å²) in [6.45, 7) is 15.0. The zero-order chi connectivity index (χ0) is 11.4. The van der Waals surface area contributed by atoms with Crippen LogP contribution < -0.4 is 0 Å². The van der Waals surface area contributed by atoms with Crippen LogP contribution in [0.5, 0.6) is 0 Å². The first kappa shape index (κ1) is 13.9. The van der Waals surface area contributed by atoms with Crippen LogP contribution in [0.3, 0.4) is 0 Å². The summed E-state index contributed by atoms with van der Waals surface area (Å²) in [6, 6.07) is 0. The van der Waals surface area contributed by atoms with Gasteiger partial charge in [0.25, 0.3) is 0 Å². The molecule has 0 aliphatic heterocycles. The summed E-state index contributed by atoms with van der Waals surface area (Å²) in [5.74, 6) is 0. The van der Waals surface area contributed by atoms with Crippen LogP contribution in [0.25, 0.3) is 0 Å². The SMILES string of the molecule is C/C=C(/CCOC)[Si](C)(C)C(C)(C)C. The molecule has 0 aliphatic carbocycles. The third kappa shape index (κ3) is 3.25. The van der Waals surface area contributed by atoms with Crippen molar-refractivity contribution in [1.29, 1.82) is 0 Å². The Morgan fingerprint density at radius 2 is 1.79 bits per heavy atom. The van der Waals surface area contributed by atoms with Gasteiger partial charge in [-0.1, -0.05) is 45.1 Å². The van der Waals surface area contributed by atoms with E-state index in [0.29, 0.717) is 5.04 Å². The van der Waals surface area contributed by atoms with Gasteiger partial charge in [-0.05, 0) is 18.4 Å². The van der Waals surface area contributed by atoms with Crippen molar-refractivity contribution in [2.45, 2.75) is 52.2 Å². The van der Waals surface area contributed by atoms with Crippen LogP contribution >= 0.6 is 0 Å². The average Bonchev–Trinajstić information content (AvgIpc) is 2.03. The van der Waals surface area contributed by atoms with Gasteiger partial charge in [-0.2, -0.15) is 0 Å². The second-order valence-corrected chi connectivity index (χ2v) is 10.8. The van der Waals surface area contributed by atoms with Crippen molar-refractivity contribution in [2.24, 2.45) is 0 Å². The van der Waals surface area contributed by atoms with E-state index < -0.39 is 8.07 Å². The third-order valence-corrected chi connectivity index (χ3v) is 9.50. The van der Waals surface area contributed by atoms with E-state index >= 15 is 0 Å².